The summed E-state index contributed by atoms with van der Waals surface area (Å²) in [6.07, 6.45) is 0.694. The van der Waals surface area contributed by atoms with Gasteiger partial charge in [-0.1, -0.05) is 36.4 Å². The van der Waals surface area contributed by atoms with E-state index >= 15 is 0 Å². The first kappa shape index (κ1) is 12.3. The fraction of sp³-hybridized carbons (Fsp3) is 0.250. The second-order valence-electron chi connectivity index (χ2n) is 5.09. The molecule has 3 heteroatoms. The van der Waals surface area contributed by atoms with Crippen LogP contribution >= 0.6 is 0 Å². The summed E-state index contributed by atoms with van der Waals surface area (Å²) >= 11 is 0. The highest BCUT2D eigenvalue weighted by Crippen LogP contribution is 2.56. The van der Waals surface area contributed by atoms with E-state index in [1.807, 2.05) is 30.3 Å². The van der Waals surface area contributed by atoms with Crippen LogP contribution in [0, 0.1) is 11.6 Å². The molecule has 1 N–H and O–H groups in total. The molecular formula is C16H14F2O. The van der Waals surface area contributed by atoms with Gasteiger partial charge in [0.25, 0.3) is 0 Å². The smallest absolute Gasteiger partial charge is 0.131 e. The molecule has 1 nitrogen and oxygen atoms in total. The van der Waals surface area contributed by atoms with Gasteiger partial charge < -0.3 is 5.11 Å². The number of benzene rings is 2. The molecule has 19 heavy (non-hydrogen) atoms. The highest BCUT2D eigenvalue weighted by molar-refractivity contribution is 5.37. The van der Waals surface area contributed by atoms with E-state index in [0.717, 1.165) is 24.5 Å². The predicted octanol–water partition coefficient (Wildman–Crippen LogP) is 3.73. The van der Waals surface area contributed by atoms with Crippen molar-refractivity contribution < 1.29 is 13.9 Å². The maximum atomic E-state index is 13.8. The molecule has 0 heterocycles. The van der Waals surface area contributed by atoms with E-state index in [9.17, 15) is 13.9 Å². The normalized spacial score (nSPS) is 18.1. The third-order valence-corrected chi connectivity index (χ3v) is 3.92. The Morgan fingerprint density at radius 1 is 1.00 bits per heavy atom. The van der Waals surface area contributed by atoms with Gasteiger partial charge in [0.15, 0.2) is 0 Å². The molecule has 0 spiro atoms. The fourth-order valence-electron chi connectivity index (χ4n) is 2.65. The molecule has 0 bridgehead atoms. The predicted molar refractivity (Wildman–Crippen MR) is 68.7 cm³/mol. The molecular weight excluding hydrogens is 246 g/mol. The molecule has 0 amide bonds. The van der Waals surface area contributed by atoms with Crippen LogP contribution < -0.4 is 0 Å². The van der Waals surface area contributed by atoms with Crippen LogP contribution in [0.4, 0.5) is 8.78 Å². The van der Waals surface area contributed by atoms with E-state index in [4.69, 9.17) is 0 Å². The van der Waals surface area contributed by atoms with Gasteiger partial charge in [-0.2, -0.15) is 0 Å². The molecule has 2 aromatic rings. The number of aliphatic hydroxyl groups excluding tert-OH is 1. The molecule has 0 aliphatic heterocycles. The van der Waals surface area contributed by atoms with Crippen molar-refractivity contribution in [3.05, 3.63) is 71.3 Å². The molecule has 0 radical (unpaired) electrons. The Morgan fingerprint density at radius 3 is 2.26 bits per heavy atom. The van der Waals surface area contributed by atoms with Crippen LogP contribution in [0.2, 0.25) is 0 Å². The van der Waals surface area contributed by atoms with Crippen molar-refractivity contribution >= 4 is 0 Å². The van der Waals surface area contributed by atoms with Gasteiger partial charge in [-0.25, -0.2) is 8.78 Å². The SMILES string of the molecule is OC(c1ccc(F)cc1F)C1(c2ccccc2)CC1. The maximum Gasteiger partial charge on any atom is 0.131 e. The van der Waals surface area contributed by atoms with Gasteiger partial charge in [0.1, 0.15) is 11.6 Å². The third kappa shape index (κ3) is 2.04. The average molecular weight is 260 g/mol. The van der Waals surface area contributed by atoms with E-state index in [1.54, 1.807) is 0 Å². The Morgan fingerprint density at radius 2 is 1.68 bits per heavy atom. The van der Waals surface area contributed by atoms with Crippen molar-refractivity contribution in [2.45, 2.75) is 24.4 Å². The lowest BCUT2D eigenvalue weighted by molar-refractivity contribution is 0.129. The van der Waals surface area contributed by atoms with Gasteiger partial charge in [0, 0.05) is 17.0 Å². The van der Waals surface area contributed by atoms with Crippen molar-refractivity contribution in [1.82, 2.24) is 0 Å². The molecule has 0 aromatic heterocycles. The first-order valence-electron chi connectivity index (χ1n) is 6.32. The first-order valence-corrected chi connectivity index (χ1v) is 6.32. The highest BCUT2D eigenvalue weighted by atomic mass is 19.1. The summed E-state index contributed by atoms with van der Waals surface area (Å²) in [6, 6.07) is 12.9. The zero-order valence-corrected chi connectivity index (χ0v) is 10.3. The number of hydrogen-bond acceptors (Lipinski definition) is 1. The second-order valence-corrected chi connectivity index (χ2v) is 5.09. The summed E-state index contributed by atoms with van der Waals surface area (Å²) in [7, 11) is 0. The summed E-state index contributed by atoms with van der Waals surface area (Å²) < 4.78 is 26.7. The molecule has 1 atom stereocenters. The van der Waals surface area contributed by atoms with Gasteiger partial charge >= 0.3 is 0 Å². The Labute approximate surface area is 110 Å². The van der Waals surface area contributed by atoms with Crippen LogP contribution in [0.25, 0.3) is 0 Å². The third-order valence-electron chi connectivity index (χ3n) is 3.92. The number of halogens is 2. The zero-order chi connectivity index (χ0) is 13.5. The van der Waals surface area contributed by atoms with Gasteiger partial charge in [0.2, 0.25) is 0 Å². The Bertz CT molecular complexity index is 591. The Balaban J connectivity index is 1.98. The number of hydrogen-bond donors (Lipinski definition) is 1. The number of aliphatic hydroxyl groups is 1. The Kier molecular flexibility index (Phi) is 2.86. The molecule has 2 aromatic carbocycles. The van der Waals surface area contributed by atoms with Crippen LogP contribution in [0.15, 0.2) is 48.5 Å². The quantitative estimate of drug-likeness (QED) is 0.891. The van der Waals surface area contributed by atoms with Crippen LogP contribution in [-0.2, 0) is 5.41 Å². The highest BCUT2D eigenvalue weighted by Gasteiger charge is 2.51. The summed E-state index contributed by atoms with van der Waals surface area (Å²) in [5.41, 5.74) is 0.758. The minimum Gasteiger partial charge on any atom is -0.387 e. The molecule has 0 saturated heterocycles. The summed E-state index contributed by atoms with van der Waals surface area (Å²) in [5, 5.41) is 10.5. The maximum absolute atomic E-state index is 13.8. The van der Waals surface area contributed by atoms with Gasteiger partial charge in [0.05, 0.1) is 6.10 Å². The lowest BCUT2D eigenvalue weighted by atomic mass is 9.86. The average Bonchev–Trinajstić information content (AvgIpc) is 3.20. The van der Waals surface area contributed by atoms with Gasteiger partial charge in [-0.3, -0.25) is 0 Å². The second kappa shape index (κ2) is 4.42. The van der Waals surface area contributed by atoms with Gasteiger partial charge in [-0.05, 0) is 24.5 Å². The largest absolute Gasteiger partial charge is 0.387 e. The number of rotatable bonds is 3. The van der Waals surface area contributed by atoms with Crippen molar-refractivity contribution in [3.8, 4) is 0 Å². The molecule has 1 aliphatic rings. The first-order chi connectivity index (χ1) is 9.13. The molecule has 98 valence electrons. The van der Waals surface area contributed by atoms with E-state index in [1.165, 1.54) is 12.1 Å². The Hall–Kier alpha value is -1.74. The molecule has 1 unspecified atom stereocenters. The van der Waals surface area contributed by atoms with E-state index in [0.29, 0.717) is 0 Å². The fourth-order valence-corrected chi connectivity index (χ4v) is 2.65. The summed E-state index contributed by atoms with van der Waals surface area (Å²) in [5.74, 6) is -1.31. The van der Waals surface area contributed by atoms with Crippen LogP contribution in [0.1, 0.15) is 30.1 Å². The van der Waals surface area contributed by atoms with Crippen LogP contribution in [0.5, 0.6) is 0 Å². The van der Waals surface area contributed by atoms with Crippen molar-refractivity contribution in [2.75, 3.05) is 0 Å². The van der Waals surface area contributed by atoms with Crippen molar-refractivity contribution in [2.24, 2.45) is 0 Å². The topological polar surface area (TPSA) is 20.2 Å². The zero-order valence-electron chi connectivity index (χ0n) is 10.3. The minimum absolute atomic E-state index is 0.169. The molecule has 1 saturated carbocycles. The van der Waals surface area contributed by atoms with Crippen LogP contribution in [0.3, 0.4) is 0 Å². The molecule has 1 fully saturated rings. The lowest BCUT2D eigenvalue weighted by Crippen LogP contribution is -2.19. The van der Waals surface area contributed by atoms with Crippen LogP contribution in [-0.4, -0.2) is 5.11 Å². The van der Waals surface area contributed by atoms with Gasteiger partial charge in [-0.15, -0.1) is 0 Å². The molecule has 3 rings (SSSR count). The monoisotopic (exact) mass is 260 g/mol. The molecule has 1 aliphatic carbocycles. The lowest BCUT2D eigenvalue weighted by Gasteiger charge is -2.23. The summed E-state index contributed by atoms with van der Waals surface area (Å²) in [6.45, 7) is 0. The van der Waals surface area contributed by atoms with E-state index < -0.39 is 23.2 Å². The van der Waals surface area contributed by atoms with E-state index in [-0.39, 0.29) is 5.56 Å². The van der Waals surface area contributed by atoms with E-state index in [2.05, 4.69) is 0 Å². The standard InChI is InChI=1S/C16H14F2O/c17-12-6-7-13(14(18)10-12)15(19)16(8-9-16)11-4-2-1-3-5-11/h1-7,10,15,19H,8-9H2. The van der Waals surface area contributed by atoms with Crippen molar-refractivity contribution in [1.29, 1.82) is 0 Å². The summed E-state index contributed by atoms with van der Waals surface area (Å²) in [4.78, 5) is 0. The van der Waals surface area contributed by atoms with Crippen molar-refractivity contribution in [3.63, 3.8) is 0 Å². The minimum atomic E-state index is -0.935.